The van der Waals surface area contributed by atoms with Crippen LogP contribution in [0.25, 0.3) is 0 Å². The van der Waals surface area contributed by atoms with Gasteiger partial charge in [-0.15, -0.1) is 13.2 Å². The van der Waals surface area contributed by atoms with Crippen LogP contribution in [0.5, 0.6) is 5.75 Å². The lowest BCUT2D eigenvalue weighted by Gasteiger charge is -2.32. The summed E-state index contributed by atoms with van der Waals surface area (Å²) in [6, 6.07) is 7.76. The number of carbonyl (C=O) groups excluding carboxylic acids is 2. The highest BCUT2D eigenvalue weighted by atomic mass is 19.4. The summed E-state index contributed by atoms with van der Waals surface area (Å²) >= 11 is 0. The van der Waals surface area contributed by atoms with Crippen LogP contribution in [0.15, 0.2) is 42.6 Å². The second-order valence-corrected chi connectivity index (χ2v) is 6.87. The predicted octanol–water partition coefficient (Wildman–Crippen LogP) is 3.71. The zero-order valence-electron chi connectivity index (χ0n) is 16.2. The van der Waals surface area contributed by atoms with E-state index in [9.17, 15) is 22.8 Å². The van der Waals surface area contributed by atoms with Gasteiger partial charge in [-0.05, 0) is 56.2 Å². The number of amides is 3. The van der Waals surface area contributed by atoms with E-state index in [0.717, 1.165) is 12.1 Å². The highest BCUT2D eigenvalue weighted by molar-refractivity contribution is 5.95. The molecule has 1 aliphatic heterocycles. The number of alkyl halides is 3. The molecule has 1 fully saturated rings. The van der Waals surface area contributed by atoms with Crippen LogP contribution < -0.4 is 15.4 Å². The monoisotopic (exact) mass is 422 g/mol. The summed E-state index contributed by atoms with van der Waals surface area (Å²) < 4.78 is 40.3. The molecule has 2 N–H and O–H groups in total. The Kier molecular flexibility index (Phi) is 6.43. The first-order valence-electron chi connectivity index (χ1n) is 9.35. The third-order valence-corrected chi connectivity index (χ3v) is 4.70. The van der Waals surface area contributed by atoms with Crippen LogP contribution in [0, 0.1) is 6.92 Å². The van der Waals surface area contributed by atoms with Gasteiger partial charge in [0, 0.05) is 36.7 Å². The summed E-state index contributed by atoms with van der Waals surface area (Å²) in [5.74, 6) is -0.445. The van der Waals surface area contributed by atoms with Crippen LogP contribution in [-0.2, 0) is 0 Å². The van der Waals surface area contributed by atoms with Gasteiger partial charge in [0.05, 0.1) is 5.56 Å². The average Bonchev–Trinajstić information content (AvgIpc) is 2.69. The van der Waals surface area contributed by atoms with Crippen molar-refractivity contribution >= 4 is 17.6 Å². The zero-order valence-corrected chi connectivity index (χ0v) is 16.2. The quantitative estimate of drug-likeness (QED) is 0.787. The molecule has 1 aromatic carbocycles. The molecule has 3 rings (SSSR count). The number of urea groups is 1. The fourth-order valence-electron chi connectivity index (χ4n) is 3.20. The molecular formula is C20H21F3N4O3. The Labute approximate surface area is 171 Å². The van der Waals surface area contributed by atoms with Crippen molar-refractivity contribution in [3.63, 3.8) is 0 Å². The van der Waals surface area contributed by atoms with Crippen molar-refractivity contribution in [2.45, 2.75) is 32.2 Å². The lowest BCUT2D eigenvalue weighted by Crippen LogP contribution is -2.47. The number of benzene rings is 1. The molecule has 2 heterocycles. The molecule has 0 radical (unpaired) electrons. The van der Waals surface area contributed by atoms with Gasteiger partial charge >= 0.3 is 12.4 Å². The van der Waals surface area contributed by atoms with Gasteiger partial charge in [0.25, 0.3) is 5.91 Å². The first-order valence-corrected chi connectivity index (χ1v) is 9.35. The highest BCUT2D eigenvalue weighted by Gasteiger charge is 2.31. The van der Waals surface area contributed by atoms with Gasteiger partial charge in [0.1, 0.15) is 5.75 Å². The number of pyridine rings is 1. The molecule has 1 aromatic heterocycles. The second-order valence-electron chi connectivity index (χ2n) is 6.87. The number of likely N-dealkylation sites (tertiary alicyclic amines) is 1. The third-order valence-electron chi connectivity index (χ3n) is 4.70. The molecule has 0 unspecified atom stereocenters. The number of nitrogens with zero attached hydrogens (tertiary/aromatic N) is 2. The van der Waals surface area contributed by atoms with Crippen LogP contribution in [0.2, 0.25) is 0 Å². The SMILES string of the molecule is Cc1ncccc1C(=O)N1CCC(NC(=O)Nc2ccc(OC(F)(F)F)cc2)CC1. The van der Waals surface area contributed by atoms with Crippen molar-refractivity contribution in [3.8, 4) is 5.75 Å². The number of aromatic nitrogens is 1. The van der Waals surface area contributed by atoms with Crippen molar-refractivity contribution in [1.82, 2.24) is 15.2 Å². The summed E-state index contributed by atoms with van der Waals surface area (Å²) in [5, 5.41) is 5.39. The van der Waals surface area contributed by atoms with Crippen molar-refractivity contribution in [3.05, 3.63) is 53.9 Å². The lowest BCUT2D eigenvalue weighted by molar-refractivity contribution is -0.274. The van der Waals surface area contributed by atoms with Crippen molar-refractivity contribution in [1.29, 1.82) is 0 Å². The van der Waals surface area contributed by atoms with Gasteiger partial charge in [0.2, 0.25) is 0 Å². The lowest BCUT2D eigenvalue weighted by atomic mass is 10.0. The fourth-order valence-corrected chi connectivity index (χ4v) is 3.20. The zero-order chi connectivity index (χ0) is 21.7. The Morgan fingerprint density at radius 1 is 1.13 bits per heavy atom. The summed E-state index contributed by atoms with van der Waals surface area (Å²) in [6.45, 7) is 2.79. The molecule has 0 bridgehead atoms. The Balaban J connectivity index is 1.46. The number of aryl methyl sites for hydroxylation is 1. The summed E-state index contributed by atoms with van der Waals surface area (Å²) in [5.41, 5.74) is 1.58. The van der Waals surface area contributed by atoms with Gasteiger partial charge < -0.3 is 20.3 Å². The second kappa shape index (κ2) is 9.02. The number of nitrogens with one attached hydrogen (secondary N) is 2. The number of carbonyl (C=O) groups is 2. The maximum Gasteiger partial charge on any atom is 0.573 e. The third kappa shape index (κ3) is 5.85. The number of piperidine rings is 1. The summed E-state index contributed by atoms with van der Waals surface area (Å²) in [4.78, 5) is 30.6. The van der Waals surface area contributed by atoms with Crippen LogP contribution >= 0.6 is 0 Å². The van der Waals surface area contributed by atoms with E-state index in [4.69, 9.17) is 0 Å². The smallest absolute Gasteiger partial charge is 0.406 e. The highest BCUT2D eigenvalue weighted by Crippen LogP contribution is 2.24. The Morgan fingerprint density at radius 3 is 2.40 bits per heavy atom. The topological polar surface area (TPSA) is 83.6 Å². The van der Waals surface area contributed by atoms with E-state index >= 15 is 0 Å². The molecule has 0 spiro atoms. The summed E-state index contributed by atoms with van der Waals surface area (Å²) in [7, 11) is 0. The predicted molar refractivity (Wildman–Crippen MR) is 103 cm³/mol. The number of hydrogen-bond donors (Lipinski definition) is 2. The molecule has 7 nitrogen and oxygen atoms in total. The maximum absolute atomic E-state index is 12.6. The van der Waals surface area contributed by atoms with Gasteiger partial charge in [-0.3, -0.25) is 9.78 Å². The number of ether oxygens (including phenoxy) is 1. The van der Waals surface area contributed by atoms with Crippen LogP contribution in [0.4, 0.5) is 23.7 Å². The average molecular weight is 422 g/mol. The van der Waals surface area contributed by atoms with E-state index in [1.165, 1.54) is 12.1 Å². The largest absolute Gasteiger partial charge is 0.573 e. The van der Waals surface area contributed by atoms with Crippen LogP contribution in [0.3, 0.4) is 0 Å². The van der Waals surface area contributed by atoms with Gasteiger partial charge in [-0.2, -0.15) is 0 Å². The first-order chi connectivity index (χ1) is 14.2. The van der Waals surface area contributed by atoms with Crippen LogP contribution in [0.1, 0.15) is 28.9 Å². The molecule has 1 aliphatic rings. The van der Waals surface area contributed by atoms with E-state index in [-0.39, 0.29) is 17.7 Å². The van der Waals surface area contributed by atoms with Gasteiger partial charge in [0.15, 0.2) is 0 Å². The Bertz CT molecular complexity index is 895. The normalized spacial score (nSPS) is 14.9. The molecule has 0 atom stereocenters. The number of rotatable bonds is 4. The number of hydrogen-bond acceptors (Lipinski definition) is 4. The molecule has 2 aromatic rings. The minimum atomic E-state index is -4.77. The van der Waals surface area contributed by atoms with E-state index in [0.29, 0.717) is 42.9 Å². The van der Waals surface area contributed by atoms with E-state index in [2.05, 4.69) is 20.4 Å². The number of halogens is 3. The molecule has 0 saturated carbocycles. The standard InChI is InChI=1S/C20H21F3N4O3/c1-13-17(3-2-10-24-13)18(28)27-11-8-15(9-12-27)26-19(29)25-14-4-6-16(7-5-14)30-20(21,22)23/h2-7,10,15H,8-9,11-12H2,1H3,(H2,25,26,29). The van der Waals surface area contributed by atoms with E-state index < -0.39 is 12.4 Å². The van der Waals surface area contributed by atoms with Gasteiger partial charge in [-0.1, -0.05) is 0 Å². The van der Waals surface area contributed by atoms with Crippen molar-refractivity contribution in [2.75, 3.05) is 18.4 Å². The van der Waals surface area contributed by atoms with Crippen molar-refractivity contribution < 1.29 is 27.5 Å². The molecule has 160 valence electrons. The summed E-state index contributed by atoms with van der Waals surface area (Å²) in [6.07, 6.45) is -1.94. The molecular weight excluding hydrogens is 401 g/mol. The minimum Gasteiger partial charge on any atom is -0.406 e. The maximum atomic E-state index is 12.6. The molecule has 10 heteroatoms. The van der Waals surface area contributed by atoms with Gasteiger partial charge in [-0.25, -0.2) is 4.79 Å². The van der Waals surface area contributed by atoms with E-state index in [1.807, 2.05) is 0 Å². The Morgan fingerprint density at radius 2 is 1.80 bits per heavy atom. The molecule has 1 saturated heterocycles. The molecule has 0 aliphatic carbocycles. The Hall–Kier alpha value is -3.30. The minimum absolute atomic E-state index is 0.0790. The van der Waals surface area contributed by atoms with Crippen molar-refractivity contribution in [2.24, 2.45) is 0 Å². The van der Waals surface area contributed by atoms with E-state index in [1.54, 1.807) is 30.2 Å². The fraction of sp³-hybridized carbons (Fsp3) is 0.350. The first kappa shape index (κ1) is 21.4. The molecule has 30 heavy (non-hydrogen) atoms. The molecule has 3 amide bonds. The number of anilines is 1. The van der Waals surface area contributed by atoms with Crippen LogP contribution in [-0.4, -0.2) is 47.3 Å².